The molecule has 2 amide bonds. The summed E-state index contributed by atoms with van der Waals surface area (Å²) in [7, 11) is 0. The molecule has 0 aromatic rings. The quantitative estimate of drug-likeness (QED) is 0.607. The third-order valence-corrected chi connectivity index (χ3v) is 2.53. The van der Waals surface area contributed by atoms with Crippen molar-refractivity contribution in [1.82, 2.24) is 5.01 Å². The molecule has 0 fully saturated rings. The van der Waals surface area contributed by atoms with Gasteiger partial charge in [0.05, 0.1) is 0 Å². The summed E-state index contributed by atoms with van der Waals surface area (Å²) >= 11 is 0. The molecule has 1 rings (SSSR count). The van der Waals surface area contributed by atoms with Crippen molar-refractivity contribution < 1.29 is 9.90 Å². The van der Waals surface area contributed by atoms with Crippen molar-refractivity contribution in [3.05, 3.63) is 0 Å². The molecule has 0 aromatic heterocycles. The molecule has 1 atom stereocenters. The molecular weight excluding hydrogens is 182 g/mol. The molecule has 3 N–H and O–H groups in total. The first-order valence-electron chi connectivity index (χ1n) is 4.54. The minimum Gasteiger partial charge on any atom is -0.368 e. The third kappa shape index (κ3) is 1.48. The Morgan fingerprint density at radius 3 is 2.43 bits per heavy atom. The van der Waals surface area contributed by atoms with Crippen molar-refractivity contribution in [3.63, 3.8) is 0 Å². The summed E-state index contributed by atoms with van der Waals surface area (Å²) in [4.78, 5) is 11.1. The van der Waals surface area contributed by atoms with E-state index in [1.54, 1.807) is 6.92 Å². The van der Waals surface area contributed by atoms with Crippen LogP contribution in [0.3, 0.4) is 0 Å². The highest BCUT2D eigenvalue weighted by atomic mass is 16.3. The van der Waals surface area contributed by atoms with E-state index in [1.165, 1.54) is 0 Å². The van der Waals surface area contributed by atoms with Gasteiger partial charge in [0.25, 0.3) is 0 Å². The summed E-state index contributed by atoms with van der Waals surface area (Å²) in [6, 6.07) is -0.723. The van der Waals surface area contributed by atoms with Gasteiger partial charge >= 0.3 is 6.03 Å². The highest BCUT2D eigenvalue weighted by Crippen LogP contribution is 2.40. The lowest BCUT2D eigenvalue weighted by molar-refractivity contribution is -0.139. The average molecular weight is 199 g/mol. The van der Waals surface area contributed by atoms with Crippen LogP contribution in [0.15, 0.2) is 5.10 Å². The number of carbonyl (C=O) groups excluding carboxylic acids is 1. The van der Waals surface area contributed by atoms with E-state index < -0.39 is 17.2 Å². The van der Waals surface area contributed by atoms with Gasteiger partial charge in [0.2, 0.25) is 0 Å². The number of hydrogen-bond acceptors (Lipinski definition) is 3. The highest BCUT2D eigenvalue weighted by Gasteiger charge is 2.51. The first kappa shape index (κ1) is 11.0. The molecule has 0 aliphatic carbocycles. The molecule has 14 heavy (non-hydrogen) atoms. The second kappa shape index (κ2) is 2.95. The summed E-state index contributed by atoms with van der Waals surface area (Å²) in [5, 5.41) is 15.2. The molecule has 5 nitrogen and oxygen atoms in total. The normalized spacial score (nSPS) is 27.8. The Bertz CT molecular complexity index is 293. The molecule has 0 saturated carbocycles. The molecule has 0 spiro atoms. The number of nitrogens with two attached hydrogens (primary N) is 1. The van der Waals surface area contributed by atoms with Gasteiger partial charge in [0, 0.05) is 17.5 Å². The Hall–Kier alpha value is -1.10. The fourth-order valence-corrected chi connectivity index (χ4v) is 1.53. The number of carbonyl (C=O) groups is 1. The second-order valence-electron chi connectivity index (χ2n) is 4.73. The molecule has 5 heteroatoms. The van der Waals surface area contributed by atoms with Gasteiger partial charge in [-0.2, -0.15) is 10.1 Å². The van der Waals surface area contributed by atoms with E-state index in [2.05, 4.69) is 5.10 Å². The van der Waals surface area contributed by atoms with Crippen molar-refractivity contribution in [2.24, 2.45) is 16.3 Å². The fourth-order valence-electron chi connectivity index (χ4n) is 1.53. The third-order valence-electron chi connectivity index (χ3n) is 2.53. The SMILES string of the molecule is CC1=NN(C(N)=O)C(O)(C(C)(C)C)C1. The van der Waals surface area contributed by atoms with Crippen LogP contribution in [0.5, 0.6) is 0 Å². The largest absolute Gasteiger partial charge is 0.368 e. The number of aliphatic hydroxyl groups is 1. The number of nitrogens with zero attached hydrogens (tertiary/aromatic N) is 2. The van der Waals surface area contributed by atoms with Crippen LogP contribution in [-0.4, -0.2) is 27.6 Å². The van der Waals surface area contributed by atoms with Crippen LogP contribution in [0.25, 0.3) is 0 Å². The van der Waals surface area contributed by atoms with Gasteiger partial charge in [-0.1, -0.05) is 20.8 Å². The van der Waals surface area contributed by atoms with Gasteiger partial charge in [-0.25, -0.2) is 4.79 Å². The Balaban J connectivity index is 3.08. The van der Waals surface area contributed by atoms with Crippen molar-refractivity contribution in [2.45, 2.75) is 39.8 Å². The molecule has 1 aliphatic rings. The van der Waals surface area contributed by atoms with Crippen LogP contribution in [0.1, 0.15) is 34.1 Å². The van der Waals surface area contributed by atoms with Crippen molar-refractivity contribution in [3.8, 4) is 0 Å². The highest BCUT2D eigenvalue weighted by molar-refractivity contribution is 5.88. The molecular formula is C9H17N3O2. The maximum Gasteiger partial charge on any atom is 0.337 e. The van der Waals surface area contributed by atoms with Crippen molar-refractivity contribution in [1.29, 1.82) is 0 Å². The zero-order valence-electron chi connectivity index (χ0n) is 9.03. The molecule has 0 aromatic carbocycles. The maximum absolute atomic E-state index is 11.1. The van der Waals surface area contributed by atoms with Gasteiger partial charge in [-0.3, -0.25) is 0 Å². The summed E-state index contributed by atoms with van der Waals surface area (Å²) in [6.07, 6.45) is 0.347. The van der Waals surface area contributed by atoms with Crippen LogP contribution in [0.2, 0.25) is 0 Å². The Morgan fingerprint density at radius 1 is 1.64 bits per heavy atom. The van der Waals surface area contributed by atoms with Gasteiger partial charge in [0.15, 0.2) is 5.72 Å². The number of amides is 2. The fraction of sp³-hybridized carbons (Fsp3) is 0.778. The van der Waals surface area contributed by atoms with E-state index in [4.69, 9.17) is 5.73 Å². The van der Waals surface area contributed by atoms with Gasteiger partial charge in [-0.05, 0) is 6.92 Å². The van der Waals surface area contributed by atoms with E-state index in [1.807, 2.05) is 20.8 Å². The summed E-state index contributed by atoms with van der Waals surface area (Å²) in [5.74, 6) is 0. The maximum atomic E-state index is 11.1. The number of rotatable bonds is 0. The lowest BCUT2D eigenvalue weighted by atomic mass is 9.80. The van der Waals surface area contributed by atoms with Crippen LogP contribution in [-0.2, 0) is 0 Å². The van der Waals surface area contributed by atoms with E-state index in [0.717, 1.165) is 5.01 Å². The zero-order valence-corrected chi connectivity index (χ0v) is 9.03. The van der Waals surface area contributed by atoms with Crippen LogP contribution >= 0.6 is 0 Å². The predicted molar refractivity (Wildman–Crippen MR) is 53.6 cm³/mol. The Kier molecular flexibility index (Phi) is 2.31. The van der Waals surface area contributed by atoms with Crippen molar-refractivity contribution >= 4 is 11.7 Å². The molecule has 0 saturated heterocycles. The lowest BCUT2D eigenvalue weighted by Crippen LogP contribution is -2.56. The van der Waals surface area contributed by atoms with Crippen LogP contribution < -0.4 is 5.73 Å². The molecule has 0 radical (unpaired) electrons. The summed E-state index contributed by atoms with van der Waals surface area (Å²) in [6.45, 7) is 7.30. The van der Waals surface area contributed by atoms with E-state index in [-0.39, 0.29) is 0 Å². The number of urea groups is 1. The summed E-state index contributed by atoms with van der Waals surface area (Å²) in [5.41, 5.74) is 4.08. The predicted octanol–water partition coefficient (Wildman–Crippen LogP) is 0.881. The minimum absolute atomic E-state index is 0.347. The lowest BCUT2D eigenvalue weighted by Gasteiger charge is -2.40. The number of hydrazone groups is 1. The monoisotopic (exact) mass is 199 g/mol. The van der Waals surface area contributed by atoms with Gasteiger partial charge in [-0.15, -0.1) is 0 Å². The zero-order chi connectivity index (χ0) is 11.1. The van der Waals surface area contributed by atoms with Gasteiger partial charge < -0.3 is 10.8 Å². The molecule has 1 heterocycles. The standard InChI is InChI=1S/C9H17N3O2/c1-6-5-9(14,8(2,3)4)12(11-6)7(10)13/h14H,5H2,1-4H3,(H2,10,13). The smallest absolute Gasteiger partial charge is 0.337 e. The molecule has 1 aliphatic heterocycles. The average Bonchev–Trinajstić information content (AvgIpc) is 2.25. The van der Waals surface area contributed by atoms with E-state index in [9.17, 15) is 9.90 Å². The summed E-state index contributed by atoms with van der Waals surface area (Å²) < 4.78 is 0. The minimum atomic E-state index is -1.30. The van der Waals surface area contributed by atoms with Crippen LogP contribution in [0.4, 0.5) is 4.79 Å². The van der Waals surface area contributed by atoms with Crippen LogP contribution in [0, 0.1) is 5.41 Å². The first-order chi connectivity index (χ1) is 6.18. The molecule has 1 unspecified atom stereocenters. The van der Waals surface area contributed by atoms with Crippen molar-refractivity contribution in [2.75, 3.05) is 0 Å². The first-order valence-corrected chi connectivity index (χ1v) is 4.54. The number of primary amides is 1. The topological polar surface area (TPSA) is 78.9 Å². The Labute approximate surface area is 83.6 Å². The van der Waals surface area contributed by atoms with Gasteiger partial charge in [0.1, 0.15) is 0 Å². The molecule has 80 valence electrons. The Morgan fingerprint density at radius 2 is 2.14 bits per heavy atom. The number of hydrogen-bond donors (Lipinski definition) is 2. The molecule has 0 bridgehead atoms. The van der Waals surface area contributed by atoms with E-state index >= 15 is 0 Å². The second-order valence-corrected chi connectivity index (χ2v) is 4.73. The van der Waals surface area contributed by atoms with E-state index in [0.29, 0.717) is 12.1 Å².